The highest BCUT2D eigenvalue weighted by Gasteiger charge is 2.18. The Morgan fingerprint density at radius 1 is 1.57 bits per heavy atom. The average molecular weight is 316 g/mol. The molecule has 21 heavy (non-hydrogen) atoms. The van der Waals surface area contributed by atoms with Crippen LogP contribution in [0.4, 0.5) is 8.78 Å². The number of carboxylic acid groups (broad SMARTS) is 1. The number of H-pyrrole nitrogens is 1. The Bertz CT molecular complexity index is 728. The molecule has 0 aliphatic carbocycles. The van der Waals surface area contributed by atoms with Crippen LogP contribution in [0.5, 0.6) is 0 Å². The van der Waals surface area contributed by atoms with Gasteiger partial charge in [0, 0.05) is 18.1 Å². The summed E-state index contributed by atoms with van der Waals surface area (Å²) in [6.07, 6.45) is 2.34. The van der Waals surface area contributed by atoms with Gasteiger partial charge in [0.2, 0.25) is 0 Å². The summed E-state index contributed by atoms with van der Waals surface area (Å²) in [5.41, 5.74) is -0.700. The quantitative estimate of drug-likeness (QED) is 0.642. The second kappa shape index (κ2) is 6.04. The van der Waals surface area contributed by atoms with Crippen molar-refractivity contribution in [3.63, 3.8) is 0 Å². The number of nitrogens with one attached hydrogen (secondary N) is 1. The van der Waals surface area contributed by atoms with Crippen LogP contribution >= 0.6 is 11.8 Å². The van der Waals surface area contributed by atoms with E-state index in [1.54, 1.807) is 0 Å². The molecule has 0 aliphatic heterocycles. The first-order chi connectivity index (χ1) is 9.90. The fraction of sp³-hybridized carbons (Fsp3) is 0.273. The predicted molar refractivity (Wildman–Crippen MR) is 69.6 cm³/mol. The molecule has 10 heteroatoms. The number of aromatic nitrogens is 4. The fourth-order valence-corrected chi connectivity index (χ4v) is 2.70. The summed E-state index contributed by atoms with van der Waals surface area (Å²) in [5.74, 6) is -1.23. The van der Waals surface area contributed by atoms with E-state index in [-0.39, 0.29) is 27.9 Å². The third-order valence-electron chi connectivity index (χ3n) is 2.60. The van der Waals surface area contributed by atoms with E-state index < -0.39 is 18.2 Å². The summed E-state index contributed by atoms with van der Waals surface area (Å²) in [6.45, 7) is -1.31. The van der Waals surface area contributed by atoms with E-state index in [4.69, 9.17) is 5.11 Å². The van der Waals surface area contributed by atoms with E-state index in [1.807, 2.05) is 0 Å². The number of carboxylic acids is 1. The van der Waals surface area contributed by atoms with Gasteiger partial charge in [-0.3, -0.25) is 4.57 Å². The molecule has 0 aromatic carbocycles. The fourth-order valence-electron chi connectivity index (χ4n) is 1.68. The van der Waals surface area contributed by atoms with E-state index in [9.17, 15) is 18.4 Å². The van der Waals surface area contributed by atoms with Gasteiger partial charge in [0.05, 0.1) is 5.75 Å². The van der Waals surface area contributed by atoms with E-state index in [0.717, 1.165) is 18.0 Å². The minimum absolute atomic E-state index is 0.0342. The molecule has 0 atom stereocenters. The molecule has 0 amide bonds. The highest BCUT2D eigenvalue weighted by molar-refractivity contribution is 7.98. The minimum atomic E-state index is -2.74. The van der Waals surface area contributed by atoms with Crippen LogP contribution in [0.1, 0.15) is 28.4 Å². The second-order valence-corrected chi connectivity index (χ2v) is 4.93. The number of alkyl halides is 2. The Labute approximate surface area is 121 Å². The minimum Gasteiger partial charge on any atom is -0.478 e. The van der Waals surface area contributed by atoms with E-state index >= 15 is 0 Å². The van der Waals surface area contributed by atoms with Crippen LogP contribution in [0.2, 0.25) is 0 Å². The highest BCUT2D eigenvalue weighted by Crippen LogP contribution is 2.25. The average Bonchev–Trinajstić information content (AvgIpc) is 2.83. The standard InChI is InChI=1S/C11H10F2N4O3S/c1-5-7(9(18)19)8(16-11(20)15-5)21-4-6-14-2-3-17(6)10(12)13/h2-3,10H,4H2,1H3,(H,18,19)(H,15,16,20). The van der Waals surface area contributed by atoms with Gasteiger partial charge in [0.1, 0.15) is 16.4 Å². The molecule has 0 spiro atoms. The van der Waals surface area contributed by atoms with Gasteiger partial charge in [-0.25, -0.2) is 14.6 Å². The largest absolute Gasteiger partial charge is 0.478 e. The van der Waals surface area contributed by atoms with Gasteiger partial charge in [-0.15, -0.1) is 0 Å². The molecule has 2 aromatic rings. The summed E-state index contributed by atoms with van der Waals surface area (Å²) in [6, 6.07) is 0. The molecule has 2 heterocycles. The summed E-state index contributed by atoms with van der Waals surface area (Å²) < 4.78 is 26.0. The van der Waals surface area contributed by atoms with Gasteiger partial charge in [0.15, 0.2) is 0 Å². The molecule has 0 saturated carbocycles. The maximum Gasteiger partial charge on any atom is 0.346 e. The maximum atomic E-state index is 12.7. The molecule has 112 valence electrons. The van der Waals surface area contributed by atoms with Crippen LogP contribution < -0.4 is 5.69 Å². The van der Waals surface area contributed by atoms with Crippen LogP contribution in [0, 0.1) is 6.92 Å². The first-order valence-electron chi connectivity index (χ1n) is 5.67. The number of aromatic amines is 1. The smallest absolute Gasteiger partial charge is 0.346 e. The number of thioether (sulfide) groups is 1. The van der Waals surface area contributed by atoms with Gasteiger partial charge in [-0.2, -0.15) is 13.8 Å². The summed E-state index contributed by atoms with van der Waals surface area (Å²) >= 11 is 0.864. The monoisotopic (exact) mass is 316 g/mol. The molecule has 2 aromatic heterocycles. The molecule has 0 bridgehead atoms. The van der Waals surface area contributed by atoms with E-state index in [2.05, 4.69) is 15.0 Å². The molecule has 7 nitrogen and oxygen atoms in total. The van der Waals surface area contributed by atoms with Crippen molar-refractivity contribution in [2.75, 3.05) is 0 Å². The predicted octanol–water partition coefficient (Wildman–Crippen LogP) is 1.66. The zero-order valence-corrected chi connectivity index (χ0v) is 11.5. The second-order valence-electron chi connectivity index (χ2n) is 3.97. The molecule has 2 rings (SSSR count). The number of aryl methyl sites for hydroxylation is 1. The Morgan fingerprint density at radius 2 is 2.29 bits per heavy atom. The number of hydrogen-bond donors (Lipinski definition) is 2. The van der Waals surface area contributed by atoms with Crippen LogP contribution in [0.15, 0.2) is 22.2 Å². The zero-order valence-electron chi connectivity index (χ0n) is 10.7. The third-order valence-corrected chi connectivity index (χ3v) is 3.57. The lowest BCUT2D eigenvalue weighted by atomic mass is 10.2. The number of hydrogen-bond acceptors (Lipinski definition) is 5. The van der Waals surface area contributed by atoms with Crippen molar-refractivity contribution in [2.45, 2.75) is 24.3 Å². The van der Waals surface area contributed by atoms with Crippen molar-refractivity contribution in [2.24, 2.45) is 0 Å². The molecule has 2 N–H and O–H groups in total. The number of nitrogens with zero attached hydrogens (tertiary/aromatic N) is 3. The van der Waals surface area contributed by atoms with Crippen molar-refractivity contribution in [3.05, 3.63) is 40.0 Å². The van der Waals surface area contributed by atoms with Gasteiger partial charge < -0.3 is 10.1 Å². The van der Waals surface area contributed by atoms with Crippen molar-refractivity contribution < 1.29 is 18.7 Å². The highest BCUT2D eigenvalue weighted by atomic mass is 32.2. The van der Waals surface area contributed by atoms with Crippen LogP contribution in [-0.2, 0) is 5.75 Å². The molecular formula is C11H10F2N4O3S. The SMILES string of the molecule is Cc1[nH]c(=O)nc(SCc2nccn2C(F)F)c1C(=O)O. The van der Waals surface area contributed by atoms with Crippen molar-refractivity contribution in [1.82, 2.24) is 19.5 Å². The van der Waals surface area contributed by atoms with Crippen molar-refractivity contribution in [1.29, 1.82) is 0 Å². The lowest BCUT2D eigenvalue weighted by Crippen LogP contribution is -2.18. The summed E-state index contributed by atoms with van der Waals surface area (Å²) in [4.78, 5) is 32.1. The lowest BCUT2D eigenvalue weighted by Gasteiger charge is -2.08. The first kappa shape index (κ1) is 15.2. The van der Waals surface area contributed by atoms with Crippen LogP contribution in [0.3, 0.4) is 0 Å². The normalized spacial score (nSPS) is 11.0. The molecular weight excluding hydrogens is 306 g/mol. The number of imidazole rings is 1. The van der Waals surface area contributed by atoms with Crippen LogP contribution in [-0.4, -0.2) is 30.6 Å². The van der Waals surface area contributed by atoms with Gasteiger partial charge in [-0.05, 0) is 6.92 Å². The topological polar surface area (TPSA) is 101 Å². The molecule has 0 saturated heterocycles. The number of carbonyl (C=O) groups is 1. The number of rotatable bonds is 5. The Kier molecular flexibility index (Phi) is 4.36. The van der Waals surface area contributed by atoms with Crippen LogP contribution in [0.25, 0.3) is 0 Å². The number of halogens is 2. The maximum absolute atomic E-state index is 12.7. The Morgan fingerprint density at radius 3 is 2.90 bits per heavy atom. The van der Waals surface area contributed by atoms with Gasteiger partial charge in [-0.1, -0.05) is 11.8 Å². The first-order valence-corrected chi connectivity index (χ1v) is 6.65. The van der Waals surface area contributed by atoms with Crippen molar-refractivity contribution >= 4 is 17.7 Å². The van der Waals surface area contributed by atoms with Crippen molar-refractivity contribution in [3.8, 4) is 0 Å². The molecule has 0 aliphatic rings. The van der Waals surface area contributed by atoms with E-state index in [0.29, 0.717) is 4.57 Å². The molecule has 0 radical (unpaired) electrons. The zero-order chi connectivity index (χ0) is 15.6. The Balaban J connectivity index is 2.30. The summed E-state index contributed by atoms with van der Waals surface area (Å²) in [5, 5.41) is 9.09. The Hall–Kier alpha value is -2.23. The van der Waals surface area contributed by atoms with E-state index in [1.165, 1.54) is 13.1 Å². The third kappa shape index (κ3) is 3.27. The van der Waals surface area contributed by atoms with Gasteiger partial charge >= 0.3 is 18.2 Å². The summed E-state index contributed by atoms with van der Waals surface area (Å²) in [7, 11) is 0. The number of aromatic carboxylic acids is 1. The lowest BCUT2D eigenvalue weighted by molar-refractivity contribution is 0.0673. The van der Waals surface area contributed by atoms with Gasteiger partial charge in [0.25, 0.3) is 0 Å². The molecule has 0 fully saturated rings. The molecule has 0 unspecified atom stereocenters.